The Labute approximate surface area is 122 Å². The van der Waals surface area contributed by atoms with Crippen LogP contribution in [0.2, 0.25) is 0 Å². The molecule has 5 nitrogen and oxygen atoms in total. The molecule has 0 saturated heterocycles. The number of nitrogens with zero attached hydrogens (tertiary/aromatic N) is 3. The Morgan fingerprint density at radius 2 is 2.00 bits per heavy atom. The predicted octanol–water partition coefficient (Wildman–Crippen LogP) is 2.02. The third-order valence-electron chi connectivity index (χ3n) is 3.42. The molecule has 0 saturated carbocycles. The van der Waals surface area contributed by atoms with Crippen LogP contribution in [0.4, 0.5) is 0 Å². The van der Waals surface area contributed by atoms with Crippen LogP contribution in [-0.4, -0.2) is 27.5 Å². The van der Waals surface area contributed by atoms with E-state index in [1.165, 1.54) is 0 Å². The quantitative estimate of drug-likeness (QED) is 0.798. The molecule has 2 heterocycles. The first kappa shape index (κ1) is 13.3. The van der Waals surface area contributed by atoms with Crippen molar-refractivity contribution in [2.75, 3.05) is 7.05 Å². The van der Waals surface area contributed by atoms with E-state index >= 15 is 0 Å². The monoisotopic (exact) mass is 280 g/mol. The number of aromatic nitrogens is 3. The Balaban J connectivity index is 1.99. The first-order valence-corrected chi connectivity index (χ1v) is 6.79. The number of pyridine rings is 1. The molecule has 3 rings (SSSR count). The van der Waals surface area contributed by atoms with Crippen LogP contribution in [-0.2, 0) is 11.2 Å². The Kier molecular flexibility index (Phi) is 3.39. The number of imidazole rings is 1. The highest BCUT2D eigenvalue weighted by Crippen LogP contribution is 2.19. The highest BCUT2D eigenvalue weighted by atomic mass is 16.1. The fourth-order valence-corrected chi connectivity index (χ4v) is 2.37. The van der Waals surface area contributed by atoms with Crippen molar-refractivity contribution < 1.29 is 4.79 Å². The first-order chi connectivity index (χ1) is 10.2. The Morgan fingerprint density at radius 3 is 2.71 bits per heavy atom. The van der Waals surface area contributed by atoms with E-state index < -0.39 is 0 Å². The van der Waals surface area contributed by atoms with Crippen molar-refractivity contribution >= 4 is 17.1 Å². The van der Waals surface area contributed by atoms with E-state index in [1.54, 1.807) is 13.2 Å². The van der Waals surface area contributed by atoms with Gasteiger partial charge >= 0.3 is 0 Å². The van der Waals surface area contributed by atoms with Gasteiger partial charge in [0, 0.05) is 18.9 Å². The number of nitrogens with one attached hydrogen (secondary N) is 1. The summed E-state index contributed by atoms with van der Waals surface area (Å²) >= 11 is 0. The number of benzene rings is 1. The normalized spacial score (nSPS) is 10.8. The van der Waals surface area contributed by atoms with Gasteiger partial charge in [0.05, 0.1) is 6.42 Å². The molecule has 0 fully saturated rings. The summed E-state index contributed by atoms with van der Waals surface area (Å²) in [7, 11) is 1.64. The van der Waals surface area contributed by atoms with E-state index in [-0.39, 0.29) is 5.91 Å². The second-order valence-electron chi connectivity index (χ2n) is 4.86. The third-order valence-corrected chi connectivity index (χ3v) is 3.42. The highest BCUT2D eigenvalue weighted by molar-refractivity contribution is 5.78. The number of hydrogen-bond acceptors (Lipinski definition) is 3. The maximum Gasteiger partial charge on any atom is 0.224 e. The largest absolute Gasteiger partial charge is 0.359 e. The lowest BCUT2D eigenvalue weighted by Crippen LogP contribution is -2.19. The molecule has 0 bridgehead atoms. The predicted molar refractivity (Wildman–Crippen MR) is 81.4 cm³/mol. The minimum absolute atomic E-state index is 0.00804. The van der Waals surface area contributed by atoms with Crippen LogP contribution in [0, 0.1) is 6.92 Å². The fraction of sp³-hybridized carbons (Fsp3) is 0.188. The second kappa shape index (κ2) is 5.36. The molecule has 3 aromatic rings. The maximum atomic E-state index is 11.4. The van der Waals surface area contributed by atoms with Crippen LogP contribution in [0.25, 0.3) is 16.9 Å². The molecule has 1 N–H and O–H groups in total. The molecule has 0 aliphatic rings. The fourth-order valence-electron chi connectivity index (χ4n) is 2.37. The van der Waals surface area contributed by atoms with Gasteiger partial charge in [0.15, 0.2) is 5.65 Å². The van der Waals surface area contributed by atoms with Crippen LogP contribution in [0.1, 0.15) is 11.4 Å². The van der Waals surface area contributed by atoms with Gasteiger partial charge in [0.25, 0.3) is 0 Å². The van der Waals surface area contributed by atoms with Gasteiger partial charge < -0.3 is 5.32 Å². The van der Waals surface area contributed by atoms with Crippen LogP contribution >= 0.6 is 0 Å². The second-order valence-corrected chi connectivity index (χ2v) is 4.86. The molecule has 21 heavy (non-hydrogen) atoms. The number of amides is 1. The Hall–Kier alpha value is -2.69. The van der Waals surface area contributed by atoms with Crippen molar-refractivity contribution in [1.82, 2.24) is 19.9 Å². The number of rotatable bonds is 3. The topological polar surface area (TPSA) is 59.8 Å². The van der Waals surface area contributed by atoms with Gasteiger partial charge in [-0.1, -0.05) is 12.1 Å². The lowest BCUT2D eigenvalue weighted by atomic mass is 10.1. The number of carbonyl (C=O) groups is 1. The van der Waals surface area contributed by atoms with E-state index in [0.29, 0.717) is 6.42 Å². The summed E-state index contributed by atoms with van der Waals surface area (Å²) < 4.78 is 2.01. The molecule has 1 amide bonds. The van der Waals surface area contributed by atoms with E-state index in [9.17, 15) is 4.79 Å². The van der Waals surface area contributed by atoms with Crippen molar-refractivity contribution in [3.8, 4) is 5.69 Å². The van der Waals surface area contributed by atoms with Crippen LogP contribution < -0.4 is 5.32 Å². The summed E-state index contributed by atoms with van der Waals surface area (Å²) in [4.78, 5) is 20.3. The molecule has 2 aromatic heterocycles. The number of likely N-dealkylation sites (N-methyl/N-ethyl adjacent to an activating group) is 1. The van der Waals surface area contributed by atoms with Gasteiger partial charge in [-0.25, -0.2) is 9.97 Å². The molecule has 5 heteroatoms. The van der Waals surface area contributed by atoms with Gasteiger partial charge in [0.2, 0.25) is 5.91 Å². The Bertz CT molecular complexity index is 790. The average molecular weight is 280 g/mol. The van der Waals surface area contributed by atoms with Gasteiger partial charge in [-0.2, -0.15) is 0 Å². The zero-order valence-electron chi connectivity index (χ0n) is 12.0. The number of carbonyl (C=O) groups excluding carboxylic acids is 1. The van der Waals surface area contributed by atoms with Crippen molar-refractivity contribution in [2.24, 2.45) is 0 Å². The molecule has 1 aromatic carbocycles. The van der Waals surface area contributed by atoms with Gasteiger partial charge in [0.1, 0.15) is 11.3 Å². The van der Waals surface area contributed by atoms with E-state index in [1.807, 2.05) is 47.9 Å². The summed E-state index contributed by atoms with van der Waals surface area (Å²) in [6.45, 7) is 1.96. The van der Waals surface area contributed by atoms with E-state index in [0.717, 1.165) is 28.2 Å². The summed E-state index contributed by atoms with van der Waals surface area (Å²) in [5.41, 5.74) is 3.70. The minimum atomic E-state index is 0.00804. The van der Waals surface area contributed by atoms with Crippen LogP contribution in [0.5, 0.6) is 0 Å². The SMILES string of the molecule is CNC(=O)Cc1ccc(-n2c(C)nc3cccnc32)cc1. The van der Waals surface area contributed by atoms with Crippen molar-refractivity contribution in [3.63, 3.8) is 0 Å². The van der Waals surface area contributed by atoms with E-state index in [2.05, 4.69) is 15.3 Å². The van der Waals surface area contributed by atoms with Gasteiger partial charge in [-0.15, -0.1) is 0 Å². The summed E-state index contributed by atoms with van der Waals surface area (Å²) in [6, 6.07) is 11.7. The summed E-state index contributed by atoms with van der Waals surface area (Å²) in [6.07, 6.45) is 2.15. The zero-order valence-corrected chi connectivity index (χ0v) is 12.0. The molecule has 0 aliphatic heterocycles. The molecule has 106 valence electrons. The molecular formula is C16H16N4O. The molecule has 0 spiro atoms. The lowest BCUT2D eigenvalue weighted by Gasteiger charge is -2.07. The smallest absolute Gasteiger partial charge is 0.224 e. The van der Waals surface area contributed by atoms with Crippen LogP contribution in [0.15, 0.2) is 42.6 Å². The third kappa shape index (κ3) is 2.50. The molecule has 0 radical (unpaired) electrons. The number of hydrogen-bond donors (Lipinski definition) is 1. The Morgan fingerprint density at radius 1 is 1.24 bits per heavy atom. The molecule has 0 aliphatic carbocycles. The minimum Gasteiger partial charge on any atom is -0.359 e. The standard InChI is InChI=1S/C16H16N4O/c1-11-19-14-4-3-9-18-16(14)20(11)13-7-5-12(6-8-13)10-15(21)17-2/h3-9H,10H2,1-2H3,(H,17,21). The van der Waals surface area contributed by atoms with Crippen LogP contribution in [0.3, 0.4) is 0 Å². The lowest BCUT2D eigenvalue weighted by molar-refractivity contribution is -0.119. The number of aryl methyl sites for hydroxylation is 1. The van der Waals surface area contributed by atoms with Crippen molar-refractivity contribution in [3.05, 3.63) is 54.0 Å². The zero-order chi connectivity index (χ0) is 14.8. The van der Waals surface area contributed by atoms with Crippen molar-refractivity contribution in [1.29, 1.82) is 0 Å². The summed E-state index contributed by atoms with van der Waals surface area (Å²) in [5, 5.41) is 2.62. The van der Waals surface area contributed by atoms with Gasteiger partial charge in [-0.05, 0) is 36.8 Å². The molecular weight excluding hydrogens is 264 g/mol. The average Bonchev–Trinajstić information content (AvgIpc) is 2.84. The summed E-state index contributed by atoms with van der Waals surface area (Å²) in [5.74, 6) is 0.899. The first-order valence-electron chi connectivity index (χ1n) is 6.79. The highest BCUT2D eigenvalue weighted by Gasteiger charge is 2.10. The molecule has 0 atom stereocenters. The van der Waals surface area contributed by atoms with Crippen molar-refractivity contribution in [2.45, 2.75) is 13.3 Å². The maximum absolute atomic E-state index is 11.4. The molecule has 0 unspecified atom stereocenters. The number of fused-ring (bicyclic) bond motifs is 1. The van der Waals surface area contributed by atoms with Gasteiger partial charge in [-0.3, -0.25) is 9.36 Å². The van der Waals surface area contributed by atoms with E-state index in [4.69, 9.17) is 0 Å².